The molecule has 0 radical (unpaired) electrons. The van der Waals surface area contributed by atoms with Crippen molar-refractivity contribution < 1.29 is 17.9 Å². The number of ether oxygens (including phenoxy) is 1. The Morgan fingerprint density at radius 2 is 1.64 bits per heavy atom. The third kappa shape index (κ3) is 5.58. The first-order valence-corrected chi connectivity index (χ1v) is 9.38. The number of sulfonamides is 1. The van der Waals surface area contributed by atoms with Crippen LogP contribution in [0.1, 0.15) is 19.4 Å². The molecule has 0 aliphatic heterocycles. The van der Waals surface area contributed by atoms with Gasteiger partial charge in [0, 0.05) is 5.69 Å². The minimum atomic E-state index is -3.67. The Hall–Kier alpha value is -2.38. The van der Waals surface area contributed by atoms with E-state index in [4.69, 9.17) is 4.74 Å². The average molecular weight is 362 g/mol. The van der Waals surface area contributed by atoms with E-state index in [1.54, 1.807) is 55.6 Å². The first kappa shape index (κ1) is 19.0. The Morgan fingerprint density at radius 1 is 1.04 bits per heavy atom. The molecule has 7 heteroatoms. The number of carbonyl (C=O) groups is 1. The van der Waals surface area contributed by atoms with E-state index >= 15 is 0 Å². The molecule has 0 heterocycles. The SMILES string of the molecule is COc1ccc(NC(=O)C(C)(C)NS(=O)(=O)Cc2ccccc2)cc1. The van der Waals surface area contributed by atoms with Crippen molar-refractivity contribution in [2.24, 2.45) is 0 Å². The van der Waals surface area contributed by atoms with Crippen LogP contribution in [0, 0.1) is 0 Å². The van der Waals surface area contributed by atoms with Crippen LogP contribution >= 0.6 is 0 Å². The van der Waals surface area contributed by atoms with Crippen molar-refractivity contribution in [2.45, 2.75) is 25.1 Å². The van der Waals surface area contributed by atoms with Gasteiger partial charge in [-0.1, -0.05) is 30.3 Å². The second kappa shape index (κ2) is 7.67. The number of benzene rings is 2. The van der Waals surface area contributed by atoms with Gasteiger partial charge in [0.15, 0.2) is 0 Å². The Kier molecular flexibility index (Phi) is 5.81. The standard InChI is InChI=1S/C18H22N2O4S/c1-18(2,17(21)19-15-9-11-16(24-3)12-10-15)20-25(22,23)13-14-7-5-4-6-8-14/h4-12,20H,13H2,1-3H3,(H,19,21). The molecule has 2 aromatic carbocycles. The maximum absolute atomic E-state index is 12.4. The van der Waals surface area contributed by atoms with Crippen LogP contribution in [0.15, 0.2) is 54.6 Å². The Labute approximate surface area is 148 Å². The lowest BCUT2D eigenvalue weighted by molar-refractivity contribution is -0.120. The molecule has 2 N–H and O–H groups in total. The molecule has 25 heavy (non-hydrogen) atoms. The van der Waals surface area contributed by atoms with Crippen LogP contribution in [0.5, 0.6) is 5.75 Å². The van der Waals surface area contributed by atoms with Crippen molar-refractivity contribution in [1.82, 2.24) is 4.72 Å². The van der Waals surface area contributed by atoms with E-state index < -0.39 is 21.5 Å². The summed E-state index contributed by atoms with van der Waals surface area (Å²) in [4.78, 5) is 12.4. The second-order valence-electron chi connectivity index (χ2n) is 6.15. The number of nitrogens with one attached hydrogen (secondary N) is 2. The molecule has 0 spiro atoms. The summed E-state index contributed by atoms with van der Waals surface area (Å²) in [5.74, 6) is 0.0303. The van der Waals surface area contributed by atoms with Gasteiger partial charge in [-0.3, -0.25) is 4.79 Å². The van der Waals surface area contributed by atoms with E-state index in [0.29, 0.717) is 17.0 Å². The van der Waals surface area contributed by atoms with Gasteiger partial charge in [-0.25, -0.2) is 8.42 Å². The molecule has 1 amide bonds. The number of rotatable bonds is 7. The average Bonchev–Trinajstić information content (AvgIpc) is 2.55. The summed E-state index contributed by atoms with van der Waals surface area (Å²) >= 11 is 0. The fraction of sp³-hybridized carbons (Fsp3) is 0.278. The van der Waals surface area contributed by atoms with Gasteiger partial charge < -0.3 is 10.1 Å². The lowest BCUT2D eigenvalue weighted by Gasteiger charge is -2.25. The number of hydrogen-bond donors (Lipinski definition) is 2. The highest BCUT2D eigenvalue weighted by Gasteiger charge is 2.32. The third-order valence-electron chi connectivity index (χ3n) is 3.53. The summed E-state index contributed by atoms with van der Waals surface area (Å²) in [6, 6.07) is 15.6. The number of methoxy groups -OCH3 is 1. The van der Waals surface area contributed by atoms with Crippen molar-refractivity contribution in [3.8, 4) is 5.75 Å². The summed E-state index contributed by atoms with van der Waals surface area (Å²) in [5.41, 5.74) is -0.0874. The van der Waals surface area contributed by atoms with Gasteiger partial charge in [0.25, 0.3) is 0 Å². The zero-order valence-corrected chi connectivity index (χ0v) is 15.3. The molecule has 0 atom stereocenters. The minimum absolute atomic E-state index is 0.187. The van der Waals surface area contributed by atoms with Gasteiger partial charge >= 0.3 is 0 Å². The first-order chi connectivity index (χ1) is 11.7. The van der Waals surface area contributed by atoms with Crippen molar-refractivity contribution in [2.75, 3.05) is 12.4 Å². The summed E-state index contributed by atoms with van der Waals surface area (Å²) in [6.07, 6.45) is 0. The molecule has 0 aliphatic rings. The van der Waals surface area contributed by atoms with Gasteiger partial charge in [0.1, 0.15) is 11.3 Å². The number of hydrogen-bond acceptors (Lipinski definition) is 4. The molecule has 2 rings (SSSR count). The Bertz CT molecular complexity index is 816. The quantitative estimate of drug-likeness (QED) is 0.793. The highest BCUT2D eigenvalue weighted by atomic mass is 32.2. The zero-order chi connectivity index (χ0) is 18.5. The van der Waals surface area contributed by atoms with Gasteiger partial charge in [0.2, 0.25) is 15.9 Å². The highest BCUT2D eigenvalue weighted by Crippen LogP contribution is 2.17. The largest absolute Gasteiger partial charge is 0.497 e. The lowest BCUT2D eigenvalue weighted by atomic mass is 10.1. The zero-order valence-electron chi connectivity index (χ0n) is 14.4. The van der Waals surface area contributed by atoms with Crippen molar-refractivity contribution in [3.05, 3.63) is 60.2 Å². The maximum atomic E-state index is 12.4. The topological polar surface area (TPSA) is 84.5 Å². The third-order valence-corrected chi connectivity index (χ3v) is 5.06. The summed E-state index contributed by atoms with van der Waals surface area (Å²) < 4.78 is 32.2. The molecule has 0 saturated carbocycles. The van der Waals surface area contributed by atoms with Gasteiger partial charge in [-0.15, -0.1) is 0 Å². The molecule has 2 aromatic rings. The predicted molar refractivity (Wildman–Crippen MR) is 97.9 cm³/mol. The fourth-order valence-corrected chi connectivity index (χ4v) is 3.80. The van der Waals surface area contributed by atoms with Gasteiger partial charge in [-0.2, -0.15) is 4.72 Å². The van der Waals surface area contributed by atoms with Crippen LogP contribution in [0.25, 0.3) is 0 Å². The molecule has 0 bridgehead atoms. The van der Waals surface area contributed by atoms with E-state index in [1.807, 2.05) is 6.07 Å². The summed E-state index contributed by atoms with van der Waals surface area (Å²) in [5, 5.41) is 2.70. The van der Waals surface area contributed by atoms with Crippen molar-refractivity contribution >= 4 is 21.6 Å². The van der Waals surface area contributed by atoms with E-state index in [2.05, 4.69) is 10.0 Å². The smallest absolute Gasteiger partial charge is 0.245 e. The number of carbonyl (C=O) groups excluding carboxylic acids is 1. The minimum Gasteiger partial charge on any atom is -0.497 e. The van der Waals surface area contributed by atoms with Crippen LogP contribution < -0.4 is 14.8 Å². The van der Waals surface area contributed by atoms with E-state index in [-0.39, 0.29) is 5.75 Å². The van der Waals surface area contributed by atoms with Gasteiger partial charge in [0.05, 0.1) is 12.9 Å². The normalized spacial score (nSPS) is 11.8. The van der Waals surface area contributed by atoms with Crippen LogP contribution in [0.4, 0.5) is 5.69 Å². The molecule has 0 fully saturated rings. The molecule has 134 valence electrons. The Morgan fingerprint density at radius 3 is 2.20 bits per heavy atom. The maximum Gasteiger partial charge on any atom is 0.245 e. The van der Waals surface area contributed by atoms with Crippen molar-refractivity contribution in [1.29, 1.82) is 0 Å². The van der Waals surface area contributed by atoms with Crippen LogP contribution in [-0.2, 0) is 20.6 Å². The molecular formula is C18H22N2O4S. The lowest BCUT2D eigenvalue weighted by Crippen LogP contribution is -2.52. The van der Waals surface area contributed by atoms with Gasteiger partial charge in [-0.05, 0) is 43.7 Å². The monoisotopic (exact) mass is 362 g/mol. The number of anilines is 1. The van der Waals surface area contributed by atoms with Crippen molar-refractivity contribution in [3.63, 3.8) is 0 Å². The van der Waals surface area contributed by atoms with E-state index in [1.165, 1.54) is 13.8 Å². The molecule has 0 aliphatic carbocycles. The molecule has 0 saturated heterocycles. The highest BCUT2D eigenvalue weighted by molar-refractivity contribution is 7.88. The Balaban J connectivity index is 2.04. The van der Waals surface area contributed by atoms with Crippen LogP contribution in [0.3, 0.4) is 0 Å². The molecule has 6 nitrogen and oxygen atoms in total. The second-order valence-corrected chi connectivity index (χ2v) is 7.88. The molecule has 0 unspecified atom stereocenters. The summed E-state index contributed by atoms with van der Waals surface area (Å²) in [6.45, 7) is 3.04. The summed E-state index contributed by atoms with van der Waals surface area (Å²) in [7, 11) is -2.12. The molecular weight excluding hydrogens is 340 g/mol. The van der Waals surface area contributed by atoms with Crippen LogP contribution in [-0.4, -0.2) is 27.0 Å². The van der Waals surface area contributed by atoms with Crippen LogP contribution in [0.2, 0.25) is 0 Å². The van der Waals surface area contributed by atoms with E-state index in [0.717, 1.165) is 0 Å². The first-order valence-electron chi connectivity index (χ1n) is 7.73. The molecule has 0 aromatic heterocycles. The predicted octanol–water partition coefficient (Wildman–Crippen LogP) is 2.53. The van der Waals surface area contributed by atoms with E-state index in [9.17, 15) is 13.2 Å². The number of amides is 1. The fourth-order valence-electron chi connectivity index (χ4n) is 2.23.